The minimum absolute atomic E-state index is 0.439. The first-order valence-electron chi connectivity index (χ1n) is 9.69. The highest BCUT2D eigenvalue weighted by molar-refractivity contribution is 5.80. The van der Waals surface area contributed by atoms with Crippen LogP contribution in [-0.2, 0) is 11.3 Å². The third kappa shape index (κ3) is 8.26. The lowest BCUT2D eigenvalue weighted by Crippen LogP contribution is -2.54. The summed E-state index contributed by atoms with van der Waals surface area (Å²) >= 11 is 0. The zero-order valence-corrected chi connectivity index (χ0v) is 19.6. The van der Waals surface area contributed by atoms with E-state index in [2.05, 4.69) is 20.9 Å². The Balaban J connectivity index is 2.72. The average molecular weight is 425 g/mol. The van der Waals surface area contributed by atoms with Crippen LogP contribution >= 0.6 is 0 Å². The van der Waals surface area contributed by atoms with Crippen LogP contribution in [0.1, 0.15) is 40.2 Å². The van der Waals surface area contributed by atoms with Crippen molar-refractivity contribution in [1.82, 2.24) is 16.0 Å². The van der Waals surface area contributed by atoms with Gasteiger partial charge in [0.05, 0.1) is 26.9 Å². The number of alkyl carbamates (subject to hydrolysis) is 1. The molecule has 0 saturated carbocycles. The van der Waals surface area contributed by atoms with E-state index in [0.29, 0.717) is 36.3 Å². The number of carbonyl (C=O) groups is 1. The third-order valence-corrected chi connectivity index (χ3v) is 3.99. The van der Waals surface area contributed by atoms with Crippen molar-refractivity contribution in [3.63, 3.8) is 0 Å². The summed E-state index contributed by atoms with van der Waals surface area (Å²) < 4.78 is 21.5. The van der Waals surface area contributed by atoms with E-state index in [9.17, 15) is 4.79 Å². The molecule has 0 aromatic heterocycles. The monoisotopic (exact) mass is 424 g/mol. The molecule has 0 unspecified atom stereocenters. The summed E-state index contributed by atoms with van der Waals surface area (Å²) in [5.41, 5.74) is -0.228. The summed E-state index contributed by atoms with van der Waals surface area (Å²) in [4.78, 5) is 16.3. The molecule has 30 heavy (non-hydrogen) atoms. The number of methoxy groups -OCH3 is 3. The summed E-state index contributed by atoms with van der Waals surface area (Å²) in [7, 11) is 6.44. The van der Waals surface area contributed by atoms with E-state index in [4.69, 9.17) is 18.9 Å². The lowest BCUT2D eigenvalue weighted by Gasteiger charge is -2.29. The first-order valence-corrected chi connectivity index (χ1v) is 9.69. The molecule has 0 aliphatic heterocycles. The Labute approximate surface area is 179 Å². The number of nitrogens with one attached hydrogen (secondary N) is 3. The molecule has 9 nitrogen and oxygen atoms in total. The second-order valence-electron chi connectivity index (χ2n) is 8.31. The topological polar surface area (TPSA) is 102 Å². The number of benzene rings is 1. The van der Waals surface area contributed by atoms with Crippen molar-refractivity contribution in [3.05, 3.63) is 17.7 Å². The Hall–Kier alpha value is -2.84. The maximum Gasteiger partial charge on any atom is 0.408 e. The fourth-order valence-corrected chi connectivity index (χ4v) is 2.56. The minimum Gasteiger partial charge on any atom is -0.496 e. The van der Waals surface area contributed by atoms with Gasteiger partial charge in [0.25, 0.3) is 0 Å². The van der Waals surface area contributed by atoms with Gasteiger partial charge >= 0.3 is 6.09 Å². The number of amides is 1. The molecule has 9 heteroatoms. The van der Waals surface area contributed by atoms with Gasteiger partial charge in [0.1, 0.15) is 11.4 Å². The fourth-order valence-electron chi connectivity index (χ4n) is 2.56. The Morgan fingerprint density at radius 1 is 0.933 bits per heavy atom. The minimum atomic E-state index is -0.555. The Bertz CT molecular complexity index is 742. The van der Waals surface area contributed by atoms with E-state index >= 15 is 0 Å². The van der Waals surface area contributed by atoms with Crippen LogP contribution in [0, 0.1) is 0 Å². The van der Waals surface area contributed by atoms with Gasteiger partial charge in [0, 0.05) is 31.8 Å². The molecule has 1 rings (SSSR count). The predicted octanol–water partition coefficient (Wildman–Crippen LogP) is 2.68. The molecule has 0 atom stereocenters. The van der Waals surface area contributed by atoms with Gasteiger partial charge in [0.15, 0.2) is 17.5 Å². The zero-order chi connectivity index (χ0) is 22.9. The van der Waals surface area contributed by atoms with E-state index in [1.165, 1.54) is 0 Å². The van der Waals surface area contributed by atoms with Crippen LogP contribution in [0.3, 0.4) is 0 Å². The molecule has 0 aliphatic carbocycles. The van der Waals surface area contributed by atoms with Gasteiger partial charge in [-0.05, 0) is 40.7 Å². The van der Waals surface area contributed by atoms with E-state index < -0.39 is 17.2 Å². The van der Waals surface area contributed by atoms with Crippen molar-refractivity contribution in [3.8, 4) is 17.2 Å². The normalized spacial score (nSPS) is 12.1. The van der Waals surface area contributed by atoms with E-state index in [-0.39, 0.29) is 0 Å². The SMILES string of the molecule is CN=C(NCc1cc(OC)c(OC)cc1OC)NCC(C)(C)NC(=O)OC(C)(C)C. The Kier molecular flexibility index (Phi) is 9.07. The molecular formula is C21H36N4O5. The molecule has 170 valence electrons. The van der Waals surface area contributed by atoms with Gasteiger partial charge in [-0.15, -0.1) is 0 Å². The van der Waals surface area contributed by atoms with E-state index in [1.807, 2.05) is 40.7 Å². The molecule has 3 N–H and O–H groups in total. The molecular weight excluding hydrogens is 388 g/mol. The maximum atomic E-state index is 12.0. The summed E-state index contributed by atoms with van der Waals surface area (Å²) in [6.07, 6.45) is -0.465. The Morgan fingerprint density at radius 3 is 2.00 bits per heavy atom. The van der Waals surface area contributed by atoms with Crippen molar-refractivity contribution in [2.75, 3.05) is 34.9 Å². The van der Waals surface area contributed by atoms with Crippen molar-refractivity contribution >= 4 is 12.1 Å². The fraction of sp³-hybridized carbons (Fsp3) is 0.619. The van der Waals surface area contributed by atoms with Crippen LogP contribution in [0.25, 0.3) is 0 Å². The second kappa shape index (κ2) is 10.8. The number of carbonyl (C=O) groups excluding carboxylic acids is 1. The van der Waals surface area contributed by atoms with Crippen molar-refractivity contribution in [2.24, 2.45) is 4.99 Å². The first kappa shape index (κ1) is 25.2. The molecule has 0 radical (unpaired) electrons. The molecule has 0 bridgehead atoms. The lowest BCUT2D eigenvalue weighted by molar-refractivity contribution is 0.0474. The molecule has 0 heterocycles. The predicted molar refractivity (Wildman–Crippen MR) is 118 cm³/mol. The molecule has 0 spiro atoms. The van der Waals surface area contributed by atoms with Gasteiger partial charge in [-0.1, -0.05) is 0 Å². The van der Waals surface area contributed by atoms with Crippen LogP contribution < -0.4 is 30.2 Å². The van der Waals surface area contributed by atoms with Crippen molar-refractivity contribution < 1.29 is 23.7 Å². The molecule has 0 fully saturated rings. The summed E-state index contributed by atoms with van der Waals surface area (Å²) in [5, 5.41) is 9.30. The highest BCUT2D eigenvalue weighted by Crippen LogP contribution is 2.34. The average Bonchev–Trinajstić information content (AvgIpc) is 2.65. The third-order valence-electron chi connectivity index (χ3n) is 3.99. The van der Waals surface area contributed by atoms with Gasteiger partial charge in [0.2, 0.25) is 0 Å². The van der Waals surface area contributed by atoms with Crippen molar-refractivity contribution in [1.29, 1.82) is 0 Å². The standard InChI is InChI=1S/C21H36N4O5/c1-20(2,3)30-19(26)25-21(4,5)13-24-18(22-6)23-12-14-10-16(28-8)17(29-9)11-15(14)27-7/h10-11H,12-13H2,1-9H3,(H,25,26)(H2,22,23,24). The van der Waals surface area contributed by atoms with Crippen LogP contribution in [0.15, 0.2) is 17.1 Å². The largest absolute Gasteiger partial charge is 0.496 e. The highest BCUT2D eigenvalue weighted by atomic mass is 16.6. The van der Waals surface area contributed by atoms with Crippen LogP contribution in [0.5, 0.6) is 17.2 Å². The quantitative estimate of drug-likeness (QED) is 0.435. The molecule has 1 aromatic carbocycles. The van der Waals surface area contributed by atoms with Crippen LogP contribution in [0.4, 0.5) is 4.79 Å². The number of aliphatic imine (C=N–C) groups is 1. The van der Waals surface area contributed by atoms with Gasteiger partial charge in [-0.2, -0.15) is 0 Å². The summed E-state index contributed by atoms with van der Waals surface area (Å²) in [6.45, 7) is 10.2. The number of nitrogens with zero attached hydrogens (tertiary/aromatic N) is 1. The van der Waals surface area contributed by atoms with Gasteiger partial charge in [-0.25, -0.2) is 4.79 Å². The first-order chi connectivity index (χ1) is 13.9. The number of rotatable bonds is 8. The maximum absolute atomic E-state index is 12.0. The second-order valence-corrected chi connectivity index (χ2v) is 8.31. The number of guanidine groups is 1. The van der Waals surface area contributed by atoms with E-state index in [1.54, 1.807) is 34.4 Å². The zero-order valence-electron chi connectivity index (χ0n) is 19.6. The van der Waals surface area contributed by atoms with Crippen LogP contribution in [-0.4, -0.2) is 58.1 Å². The molecule has 1 amide bonds. The summed E-state index contributed by atoms with van der Waals surface area (Å²) in [6, 6.07) is 3.63. The van der Waals surface area contributed by atoms with E-state index in [0.717, 1.165) is 5.56 Å². The number of ether oxygens (including phenoxy) is 4. The molecule has 1 aromatic rings. The number of hydrogen-bond acceptors (Lipinski definition) is 6. The van der Waals surface area contributed by atoms with Crippen molar-refractivity contribution in [2.45, 2.75) is 52.3 Å². The smallest absolute Gasteiger partial charge is 0.408 e. The molecule has 0 saturated heterocycles. The summed E-state index contributed by atoms with van der Waals surface area (Å²) in [5.74, 6) is 2.45. The lowest BCUT2D eigenvalue weighted by atomic mass is 10.1. The van der Waals surface area contributed by atoms with Gasteiger partial charge in [-0.3, -0.25) is 4.99 Å². The molecule has 0 aliphatic rings. The number of hydrogen-bond donors (Lipinski definition) is 3. The van der Waals surface area contributed by atoms with Crippen LogP contribution in [0.2, 0.25) is 0 Å². The Morgan fingerprint density at radius 2 is 1.50 bits per heavy atom. The highest BCUT2D eigenvalue weighted by Gasteiger charge is 2.24. The van der Waals surface area contributed by atoms with Gasteiger partial charge < -0.3 is 34.9 Å².